The lowest BCUT2D eigenvalue weighted by Gasteiger charge is -2.08. The van der Waals surface area contributed by atoms with Gasteiger partial charge in [-0.2, -0.15) is 13.4 Å². The molecular formula is C16H18N6O4S. The molecule has 8 N–H and O–H groups in total. The second-order valence-corrected chi connectivity index (χ2v) is 6.81. The Morgan fingerprint density at radius 2 is 1.63 bits per heavy atom. The molecule has 0 saturated carbocycles. The molecule has 0 aromatic heterocycles. The van der Waals surface area contributed by atoms with E-state index in [-0.39, 0.29) is 23.5 Å². The lowest BCUT2D eigenvalue weighted by Crippen LogP contribution is -2.26. The van der Waals surface area contributed by atoms with Crippen LogP contribution in [0.3, 0.4) is 0 Å². The maximum absolute atomic E-state index is 11.7. The quantitative estimate of drug-likeness (QED) is 0.290. The molecule has 0 aliphatic heterocycles. The standard InChI is InChI=1S/C16H18N6O4S/c1-9(23)20-12-5-2-10(3-6-12)11-4-7-13(14(8-11)27(24,25)26)21-16(19)22-15(17)18/h2-8H,1H3,(H,20,23)(H,24,25,26)(H6,17,18,19,21,22). The van der Waals surface area contributed by atoms with Crippen LogP contribution in [0.2, 0.25) is 0 Å². The van der Waals surface area contributed by atoms with Crippen LogP contribution in [-0.2, 0) is 14.9 Å². The molecule has 2 aromatic carbocycles. The van der Waals surface area contributed by atoms with E-state index in [4.69, 9.17) is 17.2 Å². The van der Waals surface area contributed by atoms with Gasteiger partial charge in [-0.1, -0.05) is 18.2 Å². The zero-order valence-corrected chi connectivity index (χ0v) is 15.1. The summed E-state index contributed by atoms with van der Waals surface area (Å²) in [6, 6.07) is 10.9. The molecule has 0 unspecified atom stereocenters. The highest BCUT2D eigenvalue weighted by atomic mass is 32.2. The summed E-state index contributed by atoms with van der Waals surface area (Å²) >= 11 is 0. The van der Waals surface area contributed by atoms with Gasteiger partial charge in [-0.25, -0.2) is 4.99 Å². The van der Waals surface area contributed by atoms with Gasteiger partial charge in [0.1, 0.15) is 4.90 Å². The third kappa shape index (κ3) is 5.52. The molecule has 0 spiro atoms. The SMILES string of the molecule is CC(=O)Nc1ccc(-c2ccc(N=C(N)N=C(N)N)c(S(=O)(=O)O)c2)cc1. The van der Waals surface area contributed by atoms with Crippen molar-refractivity contribution in [1.29, 1.82) is 0 Å². The Morgan fingerprint density at radius 1 is 1.04 bits per heavy atom. The fourth-order valence-electron chi connectivity index (χ4n) is 2.22. The molecule has 0 saturated heterocycles. The highest BCUT2D eigenvalue weighted by Gasteiger charge is 2.17. The first-order valence-electron chi connectivity index (χ1n) is 7.49. The summed E-state index contributed by atoms with van der Waals surface area (Å²) < 4.78 is 33.0. The number of rotatable bonds is 4. The molecule has 27 heavy (non-hydrogen) atoms. The predicted octanol–water partition coefficient (Wildman–Crippen LogP) is 0.778. The van der Waals surface area contributed by atoms with E-state index in [0.29, 0.717) is 16.8 Å². The maximum atomic E-state index is 11.7. The number of carbonyl (C=O) groups is 1. The third-order valence-electron chi connectivity index (χ3n) is 3.25. The van der Waals surface area contributed by atoms with Gasteiger partial charge in [-0.05, 0) is 35.4 Å². The van der Waals surface area contributed by atoms with E-state index in [2.05, 4.69) is 15.3 Å². The summed E-state index contributed by atoms with van der Waals surface area (Å²) in [7, 11) is -4.59. The van der Waals surface area contributed by atoms with Crippen LogP contribution in [0.15, 0.2) is 57.3 Å². The van der Waals surface area contributed by atoms with E-state index >= 15 is 0 Å². The van der Waals surface area contributed by atoms with Gasteiger partial charge < -0.3 is 22.5 Å². The molecular weight excluding hydrogens is 372 g/mol. The Bertz CT molecular complexity index is 1030. The summed E-state index contributed by atoms with van der Waals surface area (Å²) in [5.74, 6) is -0.926. The summed E-state index contributed by atoms with van der Waals surface area (Å²) in [6.45, 7) is 1.39. The Kier molecular flexibility index (Phi) is 5.78. The van der Waals surface area contributed by atoms with Gasteiger partial charge in [0.05, 0.1) is 5.69 Å². The van der Waals surface area contributed by atoms with Crippen molar-refractivity contribution < 1.29 is 17.8 Å². The van der Waals surface area contributed by atoms with Crippen LogP contribution in [0.4, 0.5) is 11.4 Å². The number of hydrogen-bond acceptors (Lipinski definition) is 4. The van der Waals surface area contributed by atoms with E-state index in [1.807, 2.05) is 0 Å². The fraction of sp³-hybridized carbons (Fsp3) is 0.0625. The lowest BCUT2D eigenvalue weighted by molar-refractivity contribution is -0.114. The van der Waals surface area contributed by atoms with Crippen molar-refractivity contribution in [1.82, 2.24) is 0 Å². The average Bonchev–Trinajstić information content (AvgIpc) is 2.53. The predicted molar refractivity (Wildman–Crippen MR) is 103 cm³/mol. The number of amides is 1. The molecule has 11 heteroatoms. The lowest BCUT2D eigenvalue weighted by atomic mass is 10.0. The minimum absolute atomic E-state index is 0.126. The number of aliphatic imine (C=N–C) groups is 2. The zero-order valence-electron chi connectivity index (χ0n) is 14.2. The van der Waals surface area contributed by atoms with Crippen LogP contribution < -0.4 is 22.5 Å². The van der Waals surface area contributed by atoms with Crippen LogP contribution in [0.25, 0.3) is 11.1 Å². The molecule has 0 aliphatic carbocycles. The Labute approximate surface area is 155 Å². The molecule has 0 fully saturated rings. The van der Waals surface area contributed by atoms with E-state index < -0.39 is 15.0 Å². The molecule has 0 aliphatic rings. The van der Waals surface area contributed by atoms with E-state index in [9.17, 15) is 17.8 Å². The van der Waals surface area contributed by atoms with Crippen LogP contribution in [0.5, 0.6) is 0 Å². The van der Waals surface area contributed by atoms with E-state index in [1.54, 1.807) is 30.3 Å². The maximum Gasteiger partial charge on any atom is 0.296 e. The van der Waals surface area contributed by atoms with Crippen LogP contribution in [0.1, 0.15) is 6.92 Å². The van der Waals surface area contributed by atoms with E-state index in [1.165, 1.54) is 19.1 Å². The first kappa shape index (κ1) is 19.9. The fourth-order valence-corrected chi connectivity index (χ4v) is 2.88. The molecule has 2 aromatic rings. The van der Waals surface area contributed by atoms with Crippen LogP contribution in [-0.4, -0.2) is 30.8 Å². The summed E-state index contributed by atoms with van der Waals surface area (Å²) in [5, 5.41) is 2.63. The second-order valence-electron chi connectivity index (χ2n) is 5.42. The number of carbonyl (C=O) groups excluding carboxylic acids is 1. The zero-order chi connectivity index (χ0) is 20.2. The van der Waals surface area contributed by atoms with Gasteiger partial charge in [0.25, 0.3) is 10.1 Å². The number of nitrogens with zero attached hydrogens (tertiary/aromatic N) is 2. The third-order valence-corrected chi connectivity index (χ3v) is 4.14. The number of benzene rings is 2. The number of anilines is 1. The molecule has 0 atom stereocenters. The van der Waals surface area contributed by atoms with Crippen molar-refractivity contribution in [3.05, 3.63) is 42.5 Å². The van der Waals surface area contributed by atoms with Crippen LogP contribution in [0, 0.1) is 0 Å². The largest absolute Gasteiger partial charge is 0.370 e. The van der Waals surface area contributed by atoms with Crippen molar-refractivity contribution in [3.8, 4) is 11.1 Å². The summed E-state index contributed by atoms with van der Waals surface area (Å²) in [5.41, 5.74) is 17.5. The van der Waals surface area contributed by atoms with Gasteiger partial charge in [-0.15, -0.1) is 0 Å². The smallest absolute Gasteiger partial charge is 0.296 e. The average molecular weight is 390 g/mol. The van der Waals surface area contributed by atoms with Crippen LogP contribution >= 0.6 is 0 Å². The second kappa shape index (κ2) is 7.85. The molecule has 0 radical (unpaired) electrons. The highest BCUT2D eigenvalue weighted by molar-refractivity contribution is 7.86. The first-order chi connectivity index (χ1) is 12.6. The van der Waals surface area contributed by atoms with Crippen molar-refractivity contribution in [2.75, 3.05) is 5.32 Å². The number of hydrogen-bond donors (Lipinski definition) is 5. The molecule has 0 heterocycles. The molecule has 142 valence electrons. The normalized spacial score (nSPS) is 11.7. The number of guanidine groups is 2. The minimum Gasteiger partial charge on any atom is -0.370 e. The first-order valence-corrected chi connectivity index (χ1v) is 8.93. The van der Waals surface area contributed by atoms with Gasteiger partial charge in [0, 0.05) is 12.6 Å². The van der Waals surface area contributed by atoms with Gasteiger partial charge in [-0.3, -0.25) is 9.35 Å². The van der Waals surface area contributed by atoms with Crippen molar-refractivity contribution in [2.24, 2.45) is 27.2 Å². The Balaban J connectivity index is 2.49. The number of nitrogens with one attached hydrogen (secondary N) is 1. The number of nitrogens with two attached hydrogens (primary N) is 3. The Morgan fingerprint density at radius 3 is 2.15 bits per heavy atom. The van der Waals surface area contributed by atoms with E-state index in [0.717, 1.165) is 0 Å². The van der Waals surface area contributed by atoms with Crippen molar-refractivity contribution in [2.45, 2.75) is 11.8 Å². The Hall–Kier alpha value is -3.44. The minimum atomic E-state index is -4.59. The monoisotopic (exact) mass is 390 g/mol. The molecule has 1 amide bonds. The van der Waals surface area contributed by atoms with Crippen molar-refractivity contribution in [3.63, 3.8) is 0 Å². The topological polar surface area (TPSA) is 186 Å². The van der Waals surface area contributed by atoms with Gasteiger partial charge in [0.15, 0.2) is 5.96 Å². The van der Waals surface area contributed by atoms with Gasteiger partial charge in [0.2, 0.25) is 11.9 Å². The van der Waals surface area contributed by atoms with Gasteiger partial charge >= 0.3 is 0 Å². The highest BCUT2D eigenvalue weighted by Crippen LogP contribution is 2.31. The summed E-state index contributed by atoms with van der Waals surface area (Å²) in [6.07, 6.45) is 0. The summed E-state index contributed by atoms with van der Waals surface area (Å²) in [4.78, 5) is 17.9. The molecule has 0 bridgehead atoms. The van der Waals surface area contributed by atoms with Crippen molar-refractivity contribution >= 4 is 39.3 Å². The molecule has 2 rings (SSSR count). The molecule has 10 nitrogen and oxygen atoms in total.